The molecule has 7 heteroatoms. The van der Waals surface area contributed by atoms with Crippen molar-refractivity contribution in [3.63, 3.8) is 0 Å². The molecule has 4 aliphatic carbocycles. The molecule has 0 bridgehead atoms. The summed E-state index contributed by atoms with van der Waals surface area (Å²) in [5.41, 5.74) is 4.62. The van der Waals surface area contributed by atoms with Crippen LogP contribution in [0.15, 0.2) is 22.8 Å². The number of fused-ring (bicyclic) bond motifs is 5. The predicted molar refractivity (Wildman–Crippen MR) is 111 cm³/mol. The Balaban J connectivity index is 0.000000431. The molecule has 0 aromatic heterocycles. The lowest BCUT2D eigenvalue weighted by Gasteiger charge is -2.58. The fourth-order valence-corrected chi connectivity index (χ4v) is 7.21. The van der Waals surface area contributed by atoms with E-state index < -0.39 is 10.4 Å². The highest BCUT2D eigenvalue weighted by molar-refractivity contribution is 7.79. The average molecular weight is 427 g/mol. The molecular weight excluding hydrogens is 392 g/mol. The number of carbonyl (C=O) groups is 1. The van der Waals surface area contributed by atoms with Gasteiger partial charge in [-0.2, -0.15) is 8.42 Å². The van der Waals surface area contributed by atoms with E-state index in [1.807, 2.05) is 0 Å². The minimum atomic E-state index is -4.67. The second kappa shape index (κ2) is 7.59. The summed E-state index contributed by atoms with van der Waals surface area (Å²) in [6, 6.07) is 0. The summed E-state index contributed by atoms with van der Waals surface area (Å²) in [5.74, 6) is 2.37. The van der Waals surface area contributed by atoms with Gasteiger partial charge in [0.25, 0.3) is 0 Å². The van der Waals surface area contributed by atoms with E-state index in [-0.39, 0.29) is 22.7 Å². The van der Waals surface area contributed by atoms with Gasteiger partial charge in [0.15, 0.2) is 5.78 Å². The molecule has 164 valence electrons. The van der Waals surface area contributed by atoms with Crippen LogP contribution in [0.1, 0.15) is 72.6 Å². The van der Waals surface area contributed by atoms with Crippen LogP contribution in [0.4, 0.5) is 0 Å². The zero-order valence-electron chi connectivity index (χ0n) is 17.8. The monoisotopic (exact) mass is 426 g/mol. The number of hydrogen-bond donors (Lipinski definition) is 3. The Morgan fingerprint density at radius 2 is 1.66 bits per heavy atom. The molecule has 0 spiro atoms. The minimum Gasteiger partial charge on any atom is -0.393 e. The average Bonchev–Trinajstić information content (AvgIpc) is 2.93. The van der Waals surface area contributed by atoms with E-state index in [4.69, 9.17) is 17.5 Å². The van der Waals surface area contributed by atoms with Crippen molar-refractivity contribution >= 4 is 16.2 Å². The van der Waals surface area contributed by atoms with Crippen molar-refractivity contribution in [2.75, 3.05) is 0 Å². The molecule has 0 saturated heterocycles. The lowest BCUT2D eigenvalue weighted by molar-refractivity contribution is -0.115. The smallest absolute Gasteiger partial charge is 0.393 e. The highest BCUT2D eigenvalue weighted by Gasteiger charge is 2.57. The first-order valence-corrected chi connectivity index (χ1v) is 12.0. The van der Waals surface area contributed by atoms with Gasteiger partial charge >= 0.3 is 10.4 Å². The number of ketones is 1. The molecule has 0 aromatic rings. The van der Waals surface area contributed by atoms with Crippen LogP contribution in [0, 0.1) is 28.6 Å². The summed E-state index contributed by atoms with van der Waals surface area (Å²) in [5, 5.41) is 10.2. The Bertz CT molecular complexity index is 849. The van der Waals surface area contributed by atoms with Crippen LogP contribution in [0.5, 0.6) is 0 Å². The van der Waals surface area contributed by atoms with Gasteiger partial charge in [0.2, 0.25) is 0 Å². The Morgan fingerprint density at radius 3 is 2.24 bits per heavy atom. The first kappa shape index (κ1) is 22.7. The SMILES string of the molecule is CC(=O)C1=CC[C@H]2[C@@H]3CC(C)=C4CC(O)CC[C@]4(C)[C@H]3CC[C@]12C.O=S(=O)(O)O. The van der Waals surface area contributed by atoms with Crippen LogP contribution in [-0.2, 0) is 15.2 Å². The van der Waals surface area contributed by atoms with Crippen LogP contribution in [-0.4, -0.2) is 34.5 Å². The van der Waals surface area contributed by atoms with E-state index in [2.05, 4.69) is 26.8 Å². The Hall–Kier alpha value is -1.02. The number of rotatable bonds is 1. The highest BCUT2D eigenvalue weighted by atomic mass is 32.3. The molecular formula is C22H34O6S. The lowest BCUT2D eigenvalue weighted by atomic mass is 9.46. The Labute approximate surface area is 174 Å². The van der Waals surface area contributed by atoms with Crippen LogP contribution >= 0.6 is 0 Å². The maximum absolute atomic E-state index is 12.2. The number of Topliss-reactive ketones (excluding diaryl/α,β-unsaturated/α-hetero) is 1. The van der Waals surface area contributed by atoms with Crippen LogP contribution in [0.3, 0.4) is 0 Å². The van der Waals surface area contributed by atoms with Crippen LogP contribution in [0.25, 0.3) is 0 Å². The van der Waals surface area contributed by atoms with Gasteiger partial charge in [-0.3, -0.25) is 13.9 Å². The molecule has 6 atom stereocenters. The van der Waals surface area contributed by atoms with Gasteiger partial charge in [-0.1, -0.05) is 31.1 Å². The summed E-state index contributed by atoms with van der Waals surface area (Å²) < 4.78 is 31.6. The molecule has 4 aliphatic rings. The fraction of sp³-hybridized carbons (Fsp3) is 0.773. The van der Waals surface area contributed by atoms with Crippen molar-refractivity contribution in [2.24, 2.45) is 28.6 Å². The lowest BCUT2D eigenvalue weighted by Crippen LogP contribution is -2.51. The molecule has 3 N–H and O–H groups in total. The summed E-state index contributed by atoms with van der Waals surface area (Å²) in [7, 11) is -4.67. The molecule has 0 aliphatic heterocycles. The van der Waals surface area contributed by atoms with E-state index >= 15 is 0 Å². The molecule has 2 fully saturated rings. The number of hydrogen-bond acceptors (Lipinski definition) is 4. The second-order valence-electron chi connectivity index (χ2n) is 9.97. The number of allylic oxidation sites excluding steroid dienone is 3. The molecule has 0 heterocycles. The Kier molecular flexibility index (Phi) is 5.93. The minimum absolute atomic E-state index is 0.106. The van der Waals surface area contributed by atoms with Crippen LogP contribution in [0.2, 0.25) is 0 Å². The topological polar surface area (TPSA) is 112 Å². The third kappa shape index (κ3) is 4.11. The van der Waals surface area contributed by atoms with Crippen LogP contribution < -0.4 is 0 Å². The summed E-state index contributed by atoms with van der Waals surface area (Å²) in [6.45, 7) is 8.89. The zero-order valence-corrected chi connectivity index (χ0v) is 18.6. The number of aliphatic hydroxyl groups excluding tert-OH is 1. The molecule has 2 saturated carbocycles. The van der Waals surface area contributed by atoms with Gasteiger partial charge in [0.05, 0.1) is 6.10 Å². The van der Waals surface area contributed by atoms with Gasteiger partial charge in [-0.15, -0.1) is 0 Å². The van der Waals surface area contributed by atoms with Gasteiger partial charge in [-0.05, 0) is 93.0 Å². The highest BCUT2D eigenvalue weighted by Crippen LogP contribution is 2.66. The maximum atomic E-state index is 12.2. The van der Waals surface area contributed by atoms with E-state index in [1.54, 1.807) is 12.5 Å². The van der Waals surface area contributed by atoms with E-state index in [0.29, 0.717) is 11.8 Å². The first-order valence-electron chi connectivity index (χ1n) is 10.6. The molecule has 0 amide bonds. The van der Waals surface area contributed by atoms with Gasteiger partial charge in [0, 0.05) is 0 Å². The van der Waals surface area contributed by atoms with E-state index in [0.717, 1.165) is 43.6 Å². The third-order valence-electron chi connectivity index (χ3n) is 8.40. The summed E-state index contributed by atoms with van der Waals surface area (Å²) >= 11 is 0. The predicted octanol–water partition coefficient (Wildman–Crippen LogP) is 4.17. The zero-order chi connectivity index (χ0) is 21.8. The van der Waals surface area contributed by atoms with Crippen molar-refractivity contribution < 1.29 is 27.4 Å². The second-order valence-corrected chi connectivity index (χ2v) is 10.9. The van der Waals surface area contributed by atoms with Crippen molar-refractivity contribution in [3.8, 4) is 0 Å². The van der Waals surface area contributed by atoms with Gasteiger partial charge in [0.1, 0.15) is 0 Å². The number of carbonyl (C=O) groups excluding carboxylic acids is 1. The normalized spacial score (nSPS) is 41.4. The molecule has 1 unspecified atom stereocenters. The molecule has 0 aromatic carbocycles. The maximum Gasteiger partial charge on any atom is 0.394 e. The van der Waals surface area contributed by atoms with E-state index in [1.165, 1.54) is 18.4 Å². The van der Waals surface area contributed by atoms with E-state index in [9.17, 15) is 9.90 Å². The largest absolute Gasteiger partial charge is 0.394 e. The molecule has 4 rings (SSSR count). The molecule has 29 heavy (non-hydrogen) atoms. The summed E-state index contributed by atoms with van der Waals surface area (Å²) in [4.78, 5) is 12.2. The molecule has 6 nitrogen and oxygen atoms in total. The standard InChI is InChI=1S/C22H32O2.H2O4S/c1-13-11-16-18-6-5-17(14(2)23)21(18,3)10-8-19(16)22(4)9-7-15(24)12-20(13)22;1-5(2,3)4/h5,15-16,18-19,24H,6-12H2,1-4H3;(H2,1,2,3,4)/t15?,16-,18-,19-,21+,22+;/m0./s1. The van der Waals surface area contributed by atoms with Crippen molar-refractivity contribution in [1.82, 2.24) is 0 Å². The van der Waals surface area contributed by atoms with Gasteiger partial charge in [-0.25, -0.2) is 0 Å². The van der Waals surface area contributed by atoms with Crippen molar-refractivity contribution in [2.45, 2.75) is 78.7 Å². The molecule has 0 radical (unpaired) electrons. The van der Waals surface area contributed by atoms with Crippen molar-refractivity contribution in [3.05, 3.63) is 22.8 Å². The van der Waals surface area contributed by atoms with Crippen molar-refractivity contribution in [1.29, 1.82) is 0 Å². The fourth-order valence-electron chi connectivity index (χ4n) is 7.21. The summed E-state index contributed by atoms with van der Waals surface area (Å²) in [6.07, 6.45) is 9.79. The van der Waals surface area contributed by atoms with Gasteiger partial charge < -0.3 is 5.11 Å². The first-order chi connectivity index (χ1) is 13.3. The number of aliphatic hydroxyl groups is 1. The quantitative estimate of drug-likeness (QED) is 0.428. The Morgan fingerprint density at radius 1 is 1.07 bits per heavy atom. The third-order valence-corrected chi connectivity index (χ3v) is 8.40.